The number of carbonyl (C=O) groups excluding carboxylic acids is 3. The van der Waals surface area contributed by atoms with Crippen molar-refractivity contribution in [1.29, 1.82) is 0 Å². The maximum Gasteiger partial charge on any atom is 0.515 e. The second kappa shape index (κ2) is 6.86. The SMILES string of the molecule is C=CCOC(=O)OC1=C(C[C@@H]2CCC(=O)O2)S[C@H]2C(CO)C(=O)N12. The van der Waals surface area contributed by atoms with E-state index in [9.17, 15) is 19.5 Å². The van der Waals surface area contributed by atoms with E-state index in [0.29, 0.717) is 24.2 Å². The number of hydrogen-bond donors (Lipinski definition) is 1. The molecule has 3 aliphatic rings. The number of amides is 1. The van der Waals surface area contributed by atoms with Crippen LogP contribution in [0.4, 0.5) is 4.79 Å². The number of cyclic esters (lactones) is 1. The van der Waals surface area contributed by atoms with Crippen molar-refractivity contribution in [2.24, 2.45) is 5.92 Å². The molecule has 0 aromatic heterocycles. The molecule has 1 unspecified atom stereocenters. The Bertz CT molecular complexity index is 617. The lowest BCUT2D eigenvalue weighted by molar-refractivity contribution is -0.152. The Hall–Kier alpha value is -2.00. The lowest BCUT2D eigenvalue weighted by Gasteiger charge is -2.40. The Balaban J connectivity index is 1.75. The summed E-state index contributed by atoms with van der Waals surface area (Å²) in [5.74, 6) is -0.984. The number of fused-ring (bicyclic) bond motifs is 1. The number of aliphatic hydroxyl groups excluding tert-OH is 1. The minimum atomic E-state index is -0.938. The number of aliphatic hydroxyl groups is 1. The molecule has 2 saturated heterocycles. The predicted octanol–water partition coefficient (Wildman–Crippen LogP) is 1.11. The van der Waals surface area contributed by atoms with Crippen molar-refractivity contribution >= 4 is 29.8 Å². The highest BCUT2D eigenvalue weighted by Crippen LogP contribution is 2.51. The minimum absolute atomic E-state index is 0.00846. The molecule has 0 bridgehead atoms. The van der Waals surface area contributed by atoms with E-state index in [-0.39, 0.29) is 42.5 Å². The first-order chi connectivity index (χ1) is 11.5. The van der Waals surface area contributed by atoms with Gasteiger partial charge in [0.25, 0.3) is 0 Å². The zero-order valence-electron chi connectivity index (χ0n) is 12.8. The number of rotatable bonds is 6. The first-order valence-electron chi connectivity index (χ1n) is 7.54. The van der Waals surface area contributed by atoms with Crippen LogP contribution in [0.5, 0.6) is 0 Å². The van der Waals surface area contributed by atoms with E-state index >= 15 is 0 Å². The molecule has 0 aromatic carbocycles. The summed E-state index contributed by atoms with van der Waals surface area (Å²) in [6.07, 6.45) is 1.46. The molecule has 0 radical (unpaired) electrons. The normalized spacial score (nSPS) is 28.4. The van der Waals surface area contributed by atoms with Gasteiger partial charge in [-0.2, -0.15) is 0 Å². The van der Waals surface area contributed by atoms with Crippen molar-refractivity contribution in [1.82, 2.24) is 4.90 Å². The van der Waals surface area contributed by atoms with Crippen LogP contribution in [0, 0.1) is 5.92 Å². The van der Waals surface area contributed by atoms with Crippen LogP contribution in [-0.2, 0) is 23.8 Å². The number of ether oxygens (including phenoxy) is 3. The van der Waals surface area contributed by atoms with E-state index < -0.39 is 12.1 Å². The summed E-state index contributed by atoms with van der Waals surface area (Å²) in [6, 6.07) is 0. The Morgan fingerprint density at radius 1 is 1.50 bits per heavy atom. The summed E-state index contributed by atoms with van der Waals surface area (Å²) in [5.41, 5.74) is 0. The average molecular weight is 355 g/mol. The molecule has 24 heavy (non-hydrogen) atoms. The molecule has 0 aliphatic carbocycles. The fraction of sp³-hybridized carbons (Fsp3) is 0.533. The maximum atomic E-state index is 12.1. The maximum absolute atomic E-state index is 12.1. The van der Waals surface area contributed by atoms with Gasteiger partial charge in [0.1, 0.15) is 18.1 Å². The second-order valence-corrected chi connectivity index (χ2v) is 6.75. The lowest BCUT2D eigenvalue weighted by atomic mass is 10.00. The summed E-state index contributed by atoms with van der Waals surface area (Å²) < 4.78 is 15.2. The van der Waals surface area contributed by atoms with Gasteiger partial charge in [-0.15, -0.1) is 0 Å². The summed E-state index contributed by atoms with van der Waals surface area (Å²) in [7, 11) is 0. The predicted molar refractivity (Wildman–Crippen MR) is 82.2 cm³/mol. The van der Waals surface area contributed by atoms with Gasteiger partial charge in [0, 0.05) is 12.8 Å². The summed E-state index contributed by atoms with van der Waals surface area (Å²) in [5, 5.41) is 8.99. The highest BCUT2D eigenvalue weighted by atomic mass is 32.2. The van der Waals surface area contributed by atoms with Crippen molar-refractivity contribution in [2.45, 2.75) is 30.7 Å². The smallest absolute Gasteiger partial charge is 0.462 e. The monoisotopic (exact) mass is 355 g/mol. The Labute approximate surface area is 142 Å². The highest BCUT2D eigenvalue weighted by Gasteiger charge is 2.55. The number of carbonyl (C=O) groups is 3. The average Bonchev–Trinajstić information content (AvgIpc) is 3.08. The third-order valence-corrected chi connectivity index (χ3v) is 5.36. The zero-order chi connectivity index (χ0) is 17.3. The summed E-state index contributed by atoms with van der Waals surface area (Å²) in [6.45, 7) is 3.16. The van der Waals surface area contributed by atoms with Gasteiger partial charge < -0.3 is 19.3 Å². The molecule has 1 amide bonds. The van der Waals surface area contributed by atoms with Crippen molar-refractivity contribution < 1.29 is 33.7 Å². The molecule has 8 nitrogen and oxygen atoms in total. The summed E-state index contributed by atoms with van der Waals surface area (Å²) in [4.78, 5) is 37.0. The van der Waals surface area contributed by atoms with Gasteiger partial charge in [-0.1, -0.05) is 24.4 Å². The molecule has 0 aromatic rings. The van der Waals surface area contributed by atoms with Crippen LogP contribution in [0.15, 0.2) is 23.4 Å². The van der Waals surface area contributed by atoms with Gasteiger partial charge in [-0.3, -0.25) is 14.5 Å². The molecule has 3 aliphatic heterocycles. The van der Waals surface area contributed by atoms with Crippen molar-refractivity contribution in [3.63, 3.8) is 0 Å². The Morgan fingerprint density at radius 3 is 2.92 bits per heavy atom. The van der Waals surface area contributed by atoms with Gasteiger partial charge in [0.05, 0.1) is 17.4 Å². The largest absolute Gasteiger partial charge is 0.515 e. The van der Waals surface area contributed by atoms with E-state index in [1.54, 1.807) is 0 Å². The molecular weight excluding hydrogens is 338 g/mol. The number of thioether (sulfide) groups is 1. The first kappa shape index (κ1) is 16.8. The fourth-order valence-electron chi connectivity index (χ4n) is 2.78. The van der Waals surface area contributed by atoms with Gasteiger partial charge in [0.15, 0.2) is 0 Å². The van der Waals surface area contributed by atoms with Gasteiger partial charge in [-0.25, -0.2) is 4.79 Å². The van der Waals surface area contributed by atoms with E-state index in [2.05, 4.69) is 6.58 Å². The second-order valence-electron chi connectivity index (χ2n) is 5.54. The molecule has 0 saturated carbocycles. The van der Waals surface area contributed by atoms with Crippen LogP contribution in [0.1, 0.15) is 19.3 Å². The molecule has 3 atom stereocenters. The molecule has 3 rings (SSSR count). The van der Waals surface area contributed by atoms with E-state index in [1.807, 2.05) is 0 Å². The van der Waals surface area contributed by atoms with Gasteiger partial charge >= 0.3 is 12.1 Å². The van der Waals surface area contributed by atoms with Gasteiger partial charge in [-0.05, 0) is 6.42 Å². The van der Waals surface area contributed by atoms with Crippen molar-refractivity contribution in [2.75, 3.05) is 13.2 Å². The van der Waals surface area contributed by atoms with Crippen LogP contribution < -0.4 is 0 Å². The fourth-order valence-corrected chi connectivity index (χ4v) is 4.27. The molecule has 9 heteroatoms. The molecule has 1 N–H and O–H groups in total. The number of nitrogens with zero attached hydrogens (tertiary/aromatic N) is 1. The quantitative estimate of drug-likeness (QED) is 0.429. The third-order valence-electron chi connectivity index (χ3n) is 3.95. The third kappa shape index (κ3) is 3.01. The number of β-lactam (4-membered cyclic amide) rings is 1. The van der Waals surface area contributed by atoms with E-state index in [0.717, 1.165) is 0 Å². The van der Waals surface area contributed by atoms with Crippen molar-refractivity contribution in [3.8, 4) is 0 Å². The minimum Gasteiger partial charge on any atom is -0.462 e. The van der Waals surface area contributed by atoms with Crippen LogP contribution in [-0.4, -0.2) is 52.7 Å². The lowest BCUT2D eigenvalue weighted by Crippen LogP contribution is -2.58. The zero-order valence-corrected chi connectivity index (χ0v) is 13.6. The van der Waals surface area contributed by atoms with Crippen LogP contribution in [0.3, 0.4) is 0 Å². The molecule has 2 fully saturated rings. The van der Waals surface area contributed by atoms with E-state index in [1.165, 1.54) is 22.7 Å². The van der Waals surface area contributed by atoms with Gasteiger partial charge in [0.2, 0.25) is 11.8 Å². The Morgan fingerprint density at radius 2 is 2.29 bits per heavy atom. The van der Waals surface area contributed by atoms with Crippen LogP contribution in [0.2, 0.25) is 0 Å². The molecule has 0 spiro atoms. The number of esters is 1. The highest BCUT2D eigenvalue weighted by molar-refractivity contribution is 8.04. The standard InChI is InChI=1S/C15H17NO7S/c1-2-5-21-15(20)23-13-10(6-8-3-4-11(18)22-8)24-14-9(7-17)12(19)16(13)14/h2,8-9,14,17H,1,3-7H2/t8-,9?,14-/m0/s1. The molecule has 130 valence electrons. The topological polar surface area (TPSA) is 102 Å². The van der Waals surface area contributed by atoms with Crippen LogP contribution >= 0.6 is 11.8 Å². The van der Waals surface area contributed by atoms with Crippen LogP contribution in [0.25, 0.3) is 0 Å². The van der Waals surface area contributed by atoms with Crippen molar-refractivity contribution in [3.05, 3.63) is 23.4 Å². The first-order valence-corrected chi connectivity index (χ1v) is 8.41. The molecular formula is C15H17NO7S. The number of hydrogen-bond acceptors (Lipinski definition) is 8. The summed E-state index contributed by atoms with van der Waals surface area (Å²) >= 11 is 1.34. The Kier molecular flexibility index (Phi) is 4.81. The van der Waals surface area contributed by atoms with E-state index in [4.69, 9.17) is 14.2 Å². The molecule has 3 heterocycles.